The van der Waals surface area contributed by atoms with Crippen LogP contribution in [0, 0.1) is 0 Å². The number of benzene rings is 1. The average molecular weight is 270 g/mol. The topological polar surface area (TPSA) is 66.0 Å². The quantitative estimate of drug-likeness (QED) is 0.715. The molecule has 6 heteroatoms. The van der Waals surface area contributed by atoms with Crippen molar-refractivity contribution >= 4 is 11.0 Å². The predicted molar refractivity (Wildman–Crippen MR) is 71.9 cm³/mol. The molecule has 1 aromatic carbocycles. The summed E-state index contributed by atoms with van der Waals surface area (Å²) >= 11 is 0. The minimum absolute atomic E-state index is 0.0447. The molecule has 1 aliphatic rings. The van der Waals surface area contributed by atoms with Gasteiger partial charge in [-0.1, -0.05) is 5.16 Å². The van der Waals surface area contributed by atoms with Crippen molar-refractivity contribution < 1.29 is 9.26 Å². The second kappa shape index (κ2) is 4.42. The summed E-state index contributed by atoms with van der Waals surface area (Å²) in [5.74, 6) is 1.17. The summed E-state index contributed by atoms with van der Waals surface area (Å²) in [5, 5.41) is 4.06. The summed E-state index contributed by atoms with van der Waals surface area (Å²) in [6.45, 7) is 0.767. The fourth-order valence-corrected chi connectivity index (χ4v) is 2.52. The number of aromatic nitrogens is 4. The smallest absolute Gasteiger partial charge is 0.256 e. The third-order valence-electron chi connectivity index (χ3n) is 3.63. The number of imidazole rings is 1. The van der Waals surface area contributed by atoms with Crippen molar-refractivity contribution in [3.8, 4) is 11.4 Å². The van der Waals surface area contributed by atoms with Crippen LogP contribution in [0.3, 0.4) is 0 Å². The molecule has 3 aromatic rings. The van der Waals surface area contributed by atoms with Gasteiger partial charge in [0.2, 0.25) is 5.82 Å². The third-order valence-corrected chi connectivity index (χ3v) is 3.63. The van der Waals surface area contributed by atoms with E-state index in [1.165, 1.54) is 0 Å². The van der Waals surface area contributed by atoms with E-state index in [0.29, 0.717) is 11.7 Å². The zero-order valence-corrected chi connectivity index (χ0v) is 11.1. The summed E-state index contributed by atoms with van der Waals surface area (Å²) in [6.07, 6.45) is 3.74. The molecular weight excluding hydrogens is 256 g/mol. The average Bonchev–Trinajstić information content (AvgIpc) is 3.18. The minimum atomic E-state index is -0.0447. The molecule has 2 aromatic heterocycles. The fourth-order valence-electron chi connectivity index (χ4n) is 2.52. The van der Waals surface area contributed by atoms with Gasteiger partial charge in [-0.15, -0.1) is 0 Å². The maximum absolute atomic E-state index is 5.55. The molecule has 102 valence electrons. The molecule has 6 nitrogen and oxygen atoms in total. The van der Waals surface area contributed by atoms with Crippen molar-refractivity contribution in [2.45, 2.75) is 18.9 Å². The standard InChI is InChI=1S/C14H14N4O2/c1-18-8-15-10-5-4-9(7-11(10)18)13-16-14(20-17-13)12-3-2-6-19-12/h4-5,7-8,12H,2-3,6H2,1H3. The highest BCUT2D eigenvalue weighted by atomic mass is 16.5. The molecule has 4 rings (SSSR count). The van der Waals surface area contributed by atoms with Gasteiger partial charge >= 0.3 is 0 Å². The van der Waals surface area contributed by atoms with Crippen LogP contribution in [0.2, 0.25) is 0 Å². The van der Waals surface area contributed by atoms with Crippen molar-refractivity contribution in [2.75, 3.05) is 6.61 Å². The number of fused-ring (bicyclic) bond motifs is 1. The van der Waals surface area contributed by atoms with Gasteiger partial charge in [0.25, 0.3) is 5.89 Å². The lowest BCUT2D eigenvalue weighted by molar-refractivity contribution is 0.0835. The molecule has 3 heterocycles. The van der Waals surface area contributed by atoms with Gasteiger partial charge in [0.15, 0.2) is 0 Å². The van der Waals surface area contributed by atoms with E-state index in [1.54, 1.807) is 6.33 Å². The van der Waals surface area contributed by atoms with E-state index in [-0.39, 0.29) is 6.10 Å². The number of rotatable bonds is 2. The summed E-state index contributed by atoms with van der Waals surface area (Å²) in [7, 11) is 1.97. The van der Waals surface area contributed by atoms with Gasteiger partial charge in [0.05, 0.1) is 17.4 Å². The SMILES string of the molecule is Cn1cnc2ccc(-c3noc(C4CCCO4)n3)cc21. The lowest BCUT2D eigenvalue weighted by Crippen LogP contribution is -1.95. The zero-order valence-electron chi connectivity index (χ0n) is 11.1. The van der Waals surface area contributed by atoms with Crippen LogP contribution in [0.1, 0.15) is 24.8 Å². The van der Waals surface area contributed by atoms with Crippen LogP contribution in [0.4, 0.5) is 0 Å². The fraction of sp³-hybridized carbons (Fsp3) is 0.357. The molecule has 0 amide bonds. The number of nitrogens with zero attached hydrogens (tertiary/aromatic N) is 4. The van der Waals surface area contributed by atoms with E-state index in [0.717, 1.165) is 36.0 Å². The Hall–Kier alpha value is -2.21. The molecule has 1 aliphatic heterocycles. The van der Waals surface area contributed by atoms with Gasteiger partial charge in [-0.05, 0) is 31.0 Å². The van der Waals surface area contributed by atoms with Crippen molar-refractivity contribution in [2.24, 2.45) is 7.05 Å². The predicted octanol–water partition coefficient (Wildman–Crippen LogP) is 2.47. The second-order valence-corrected chi connectivity index (χ2v) is 5.02. The Balaban J connectivity index is 1.72. The minimum Gasteiger partial charge on any atom is -0.368 e. The van der Waals surface area contributed by atoms with Crippen molar-refractivity contribution in [1.82, 2.24) is 19.7 Å². The normalized spacial score (nSPS) is 18.9. The van der Waals surface area contributed by atoms with Crippen LogP contribution in [0.5, 0.6) is 0 Å². The lowest BCUT2D eigenvalue weighted by Gasteiger charge is -2.00. The summed E-state index contributed by atoms with van der Waals surface area (Å²) < 4.78 is 12.8. The molecule has 1 fully saturated rings. The molecule has 20 heavy (non-hydrogen) atoms. The first-order valence-corrected chi connectivity index (χ1v) is 6.68. The largest absolute Gasteiger partial charge is 0.368 e. The Morgan fingerprint density at radius 1 is 1.35 bits per heavy atom. The highest BCUT2D eigenvalue weighted by Gasteiger charge is 2.24. The van der Waals surface area contributed by atoms with Crippen molar-refractivity contribution in [3.63, 3.8) is 0 Å². The first kappa shape index (κ1) is 11.6. The van der Waals surface area contributed by atoms with E-state index in [9.17, 15) is 0 Å². The van der Waals surface area contributed by atoms with Gasteiger partial charge in [0, 0.05) is 19.2 Å². The van der Waals surface area contributed by atoms with Crippen LogP contribution < -0.4 is 0 Å². The van der Waals surface area contributed by atoms with Crippen LogP contribution in [0.25, 0.3) is 22.4 Å². The van der Waals surface area contributed by atoms with E-state index < -0.39 is 0 Å². The van der Waals surface area contributed by atoms with Gasteiger partial charge < -0.3 is 13.8 Å². The summed E-state index contributed by atoms with van der Waals surface area (Å²) in [4.78, 5) is 8.75. The first-order valence-electron chi connectivity index (χ1n) is 6.68. The van der Waals surface area contributed by atoms with Gasteiger partial charge in [-0.3, -0.25) is 0 Å². The Kier molecular flexibility index (Phi) is 2.56. The molecular formula is C14H14N4O2. The van der Waals surface area contributed by atoms with Crippen LogP contribution >= 0.6 is 0 Å². The van der Waals surface area contributed by atoms with Crippen molar-refractivity contribution in [1.29, 1.82) is 0 Å². The van der Waals surface area contributed by atoms with Gasteiger partial charge in [-0.25, -0.2) is 4.98 Å². The Morgan fingerprint density at radius 2 is 2.30 bits per heavy atom. The number of hydrogen-bond donors (Lipinski definition) is 0. The van der Waals surface area contributed by atoms with Crippen molar-refractivity contribution in [3.05, 3.63) is 30.4 Å². The van der Waals surface area contributed by atoms with Crippen LogP contribution in [-0.4, -0.2) is 26.3 Å². The van der Waals surface area contributed by atoms with Gasteiger partial charge in [0.1, 0.15) is 6.10 Å². The molecule has 1 unspecified atom stereocenters. The Labute approximate surface area is 115 Å². The maximum atomic E-state index is 5.55. The lowest BCUT2D eigenvalue weighted by atomic mass is 10.2. The van der Waals surface area contributed by atoms with Crippen LogP contribution in [0.15, 0.2) is 29.0 Å². The van der Waals surface area contributed by atoms with E-state index in [2.05, 4.69) is 15.1 Å². The highest BCUT2D eigenvalue weighted by Crippen LogP contribution is 2.29. The van der Waals surface area contributed by atoms with E-state index in [4.69, 9.17) is 9.26 Å². The van der Waals surface area contributed by atoms with E-state index in [1.807, 2.05) is 29.8 Å². The molecule has 0 radical (unpaired) electrons. The van der Waals surface area contributed by atoms with E-state index >= 15 is 0 Å². The third kappa shape index (κ3) is 1.80. The molecule has 1 atom stereocenters. The number of hydrogen-bond acceptors (Lipinski definition) is 5. The summed E-state index contributed by atoms with van der Waals surface area (Å²) in [5.41, 5.74) is 2.93. The maximum Gasteiger partial charge on any atom is 0.256 e. The summed E-state index contributed by atoms with van der Waals surface area (Å²) in [6, 6.07) is 5.94. The first-order chi connectivity index (χ1) is 9.81. The molecule has 0 spiro atoms. The molecule has 0 aliphatic carbocycles. The highest BCUT2D eigenvalue weighted by molar-refractivity contribution is 5.80. The zero-order chi connectivity index (χ0) is 13.5. The molecule has 1 saturated heterocycles. The number of aryl methyl sites for hydroxylation is 1. The molecule has 0 saturated carbocycles. The Bertz CT molecular complexity index is 755. The Morgan fingerprint density at radius 3 is 3.15 bits per heavy atom. The molecule has 0 bridgehead atoms. The number of ether oxygens (including phenoxy) is 1. The monoisotopic (exact) mass is 270 g/mol. The second-order valence-electron chi connectivity index (χ2n) is 5.02. The van der Waals surface area contributed by atoms with Gasteiger partial charge in [-0.2, -0.15) is 4.98 Å². The molecule has 0 N–H and O–H groups in total. The van der Waals surface area contributed by atoms with Crippen LogP contribution in [-0.2, 0) is 11.8 Å².